The highest BCUT2D eigenvalue weighted by Crippen LogP contribution is 1.98. The van der Waals surface area contributed by atoms with Crippen molar-refractivity contribution in [2.45, 2.75) is 6.92 Å². The van der Waals surface area contributed by atoms with E-state index >= 15 is 0 Å². The van der Waals surface area contributed by atoms with Crippen LogP contribution in [0.4, 0.5) is 4.79 Å². The molecule has 3 nitrogen and oxygen atoms in total. The molecule has 2 aromatic carbocycles. The lowest BCUT2D eigenvalue weighted by Crippen LogP contribution is -2.11. The fourth-order valence-corrected chi connectivity index (χ4v) is 1.32. The minimum absolute atomic E-state index is 0.356. The van der Waals surface area contributed by atoms with Gasteiger partial charge in [-0.25, -0.2) is 4.79 Å². The van der Waals surface area contributed by atoms with Crippen LogP contribution in [-0.4, -0.2) is 12.7 Å². The number of nitrogens with two attached hydrogens (primary N) is 1. The van der Waals surface area contributed by atoms with Crippen molar-refractivity contribution in [3.63, 3.8) is 0 Å². The van der Waals surface area contributed by atoms with Crippen LogP contribution in [0.3, 0.4) is 0 Å². The molecule has 0 bridgehead atoms. The van der Waals surface area contributed by atoms with Crippen LogP contribution in [0.2, 0.25) is 0 Å². The number of hydrogen-bond donors (Lipinski definition) is 1. The van der Waals surface area contributed by atoms with Gasteiger partial charge >= 0.3 is 6.09 Å². The quantitative estimate of drug-likeness (QED) is 0.675. The largest absolute Gasteiger partial charge is 0.450 e. The molecule has 0 aliphatic carbocycles. The van der Waals surface area contributed by atoms with E-state index in [-0.39, 0.29) is 0 Å². The Labute approximate surface area is 157 Å². The predicted octanol–water partition coefficient (Wildman–Crippen LogP) is 6.12. The van der Waals surface area contributed by atoms with Crippen molar-refractivity contribution in [3.05, 3.63) is 110 Å². The number of carbonyl (C=O) groups excluding carboxylic acids is 1. The summed E-state index contributed by atoms with van der Waals surface area (Å²) in [4.78, 5) is 9.60. The summed E-state index contributed by atoms with van der Waals surface area (Å²) >= 11 is 0. The molecule has 0 aliphatic rings. The Kier molecular flexibility index (Phi) is 18.9. The van der Waals surface area contributed by atoms with Crippen molar-refractivity contribution in [1.82, 2.24) is 0 Å². The Morgan fingerprint density at radius 3 is 1.31 bits per heavy atom. The van der Waals surface area contributed by atoms with Gasteiger partial charge in [0.15, 0.2) is 0 Å². The highest BCUT2D eigenvalue weighted by Gasteiger charge is 1.82. The summed E-state index contributed by atoms with van der Waals surface area (Å²) < 4.78 is 4.18. The van der Waals surface area contributed by atoms with Crippen molar-refractivity contribution in [1.29, 1.82) is 0 Å². The zero-order valence-electron chi connectivity index (χ0n) is 15.5. The third-order valence-electron chi connectivity index (χ3n) is 2.52. The first-order valence-electron chi connectivity index (χ1n) is 8.06. The highest BCUT2D eigenvalue weighted by molar-refractivity contribution is 5.64. The molecule has 0 aromatic heterocycles. The van der Waals surface area contributed by atoms with Crippen molar-refractivity contribution in [2.24, 2.45) is 5.73 Å². The fourth-order valence-electron chi connectivity index (χ4n) is 1.32. The number of hydrogen-bond acceptors (Lipinski definition) is 2. The number of amides is 1. The molecule has 0 saturated heterocycles. The SMILES string of the molecule is C=CC=C.C=Cc1ccccc1.C=Cc1ccccc1.CCOC(N)=O. The summed E-state index contributed by atoms with van der Waals surface area (Å²) in [6, 6.07) is 20.1. The Morgan fingerprint density at radius 1 is 0.846 bits per heavy atom. The maximum absolute atomic E-state index is 9.60. The molecule has 0 heterocycles. The zero-order chi connectivity index (χ0) is 20.0. The monoisotopic (exact) mass is 351 g/mol. The Balaban J connectivity index is 0. The van der Waals surface area contributed by atoms with Crippen molar-refractivity contribution < 1.29 is 9.53 Å². The molecule has 26 heavy (non-hydrogen) atoms. The van der Waals surface area contributed by atoms with E-state index in [1.807, 2.05) is 72.8 Å². The Hall–Kier alpha value is -3.33. The van der Waals surface area contributed by atoms with Gasteiger partial charge in [-0.1, -0.05) is 111 Å². The van der Waals surface area contributed by atoms with Gasteiger partial charge in [0.05, 0.1) is 6.61 Å². The number of primary amides is 1. The van der Waals surface area contributed by atoms with E-state index in [9.17, 15) is 4.79 Å². The second-order valence-corrected chi connectivity index (χ2v) is 4.45. The number of carbonyl (C=O) groups is 1. The standard InChI is InChI=1S/2C8H8.C4H6.C3H7NO2/c2*1-2-8-6-4-3-5-7-8;1-3-4-2;1-2-6-3(4)5/h2*2-7H,1H2;3-4H,1-2H2;2H2,1H3,(H2,4,5). The predicted molar refractivity (Wildman–Crippen MR) is 115 cm³/mol. The lowest BCUT2D eigenvalue weighted by Gasteiger charge is -1.89. The molecule has 0 aliphatic heterocycles. The van der Waals surface area contributed by atoms with Crippen LogP contribution < -0.4 is 5.73 Å². The molecule has 0 saturated carbocycles. The third kappa shape index (κ3) is 18.7. The number of allylic oxidation sites excluding steroid dienone is 2. The summed E-state index contributed by atoms with van der Waals surface area (Å²) in [7, 11) is 0. The van der Waals surface area contributed by atoms with E-state index in [2.05, 4.69) is 36.8 Å². The molecule has 2 N–H and O–H groups in total. The van der Waals surface area contributed by atoms with Crippen LogP contribution in [0, 0.1) is 0 Å². The molecule has 3 heteroatoms. The molecule has 0 unspecified atom stereocenters. The third-order valence-corrected chi connectivity index (χ3v) is 2.52. The van der Waals surface area contributed by atoms with Crippen molar-refractivity contribution in [2.75, 3.05) is 6.61 Å². The molecule has 0 spiro atoms. The van der Waals surface area contributed by atoms with Gasteiger partial charge in [-0.2, -0.15) is 0 Å². The van der Waals surface area contributed by atoms with Gasteiger partial charge in [-0.3, -0.25) is 0 Å². The normalized spacial score (nSPS) is 7.73. The van der Waals surface area contributed by atoms with Crippen LogP contribution >= 0.6 is 0 Å². The molecule has 2 rings (SSSR count). The lowest BCUT2D eigenvalue weighted by molar-refractivity contribution is 0.163. The van der Waals surface area contributed by atoms with Crippen LogP contribution in [0.25, 0.3) is 12.2 Å². The van der Waals surface area contributed by atoms with E-state index in [0.29, 0.717) is 6.61 Å². The first kappa shape index (κ1) is 24.9. The molecule has 1 amide bonds. The van der Waals surface area contributed by atoms with E-state index in [1.165, 1.54) is 11.1 Å². The first-order chi connectivity index (χ1) is 12.5. The topological polar surface area (TPSA) is 52.3 Å². The van der Waals surface area contributed by atoms with Gasteiger partial charge in [0.1, 0.15) is 0 Å². The van der Waals surface area contributed by atoms with Crippen LogP contribution in [0.5, 0.6) is 0 Å². The van der Waals surface area contributed by atoms with Crippen LogP contribution in [0.1, 0.15) is 18.1 Å². The maximum atomic E-state index is 9.60. The molecule has 138 valence electrons. The van der Waals surface area contributed by atoms with Gasteiger partial charge < -0.3 is 10.5 Å². The average Bonchev–Trinajstić information content (AvgIpc) is 2.70. The minimum Gasteiger partial charge on any atom is -0.450 e. The average molecular weight is 351 g/mol. The second kappa shape index (κ2) is 19.7. The number of benzene rings is 2. The Bertz CT molecular complexity index is 570. The number of ether oxygens (including phenoxy) is 1. The van der Waals surface area contributed by atoms with Gasteiger partial charge in [0.2, 0.25) is 0 Å². The fraction of sp³-hybridized carbons (Fsp3) is 0.0870. The van der Waals surface area contributed by atoms with Gasteiger partial charge in [-0.05, 0) is 18.1 Å². The van der Waals surface area contributed by atoms with Crippen molar-refractivity contribution >= 4 is 18.2 Å². The zero-order valence-corrected chi connectivity index (χ0v) is 15.5. The molecular weight excluding hydrogens is 322 g/mol. The summed E-state index contributed by atoms with van der Waals surface area (Å²) in [5.74, 6) is 0. The van der Waals surface area contributed by atoms with E-state index in [4.69, 9.17) is 0 Å². The van der Waals surface area contributed by atoms with E-state index in [0.717, 1.165) is 0 Å². The molecule has 0 fully saturated rings. The van der Waals surface area contributed by atoms with Crippen LogP contribution in [-0.2, 0) is 4.74 Å². The van der Waals surface area contributed by atoms with Crippen LogP contribution in [0.15, 0.2) is 99.1 Å². The smallest absolute Gasteiger partial charge is 0.404 e. The summed E-state index contributed by atoms with van der Waals surface area (Å²) in [5.41, 5.74) is 6.89. The number of rotatable bonds is 4. The first-order valence-corrected chi connectivity index (χ1v) is 8.06. The summed E-state index contributed by atoms with van der Waals surface area (Å²) in [6.45, 7) is 16.0. The summed E-state index contributed by atoms with van der Waals surface area (Å²) in [5, 5.41) is 0. The van der Waals surface area contributed by atoms with E-state index < -0.39 is 6.09 Å². The summed E-state index contributed by atoms with van der Waals surface area (Å²) in [6.07, 6.45) is 6.23. The van der Waals surface area contributed by atoms with Gasteiger partial charge in [-0.15, -0.1) is 0 Å². The minimum atomic E-state index is -0.711. The second-order valence-electron chi connectivity index (χ2n) is 4.45. The van der Waals surface area contributed by atoms with Gasteiger partial charge in [0.25, 0.3) is 0 Å². The molecule has 2 aromatic rings. The molecule has 0 atom stereocenters. The molecule has 0 radical (unpaired) electrons. The lowest BCUT2D eigenvalue weighted by atomic mass is 10.2. The van der Waals surface area contributed by atoms with E-state index in [1.54, 1.807) is 19.1 Å². The molecular formula is C23H29NO2. The highest BCUT2D eigenvalue weighted by atomic mass is 16.5. The Morgan fingerprint density at radius 2 is 1.19 bits per heavy atom. The van der Waals surface area contributed by atoms with Crippen molar-refractivity contribution in [3.8, 4) is 0 Å². The maximum Gasteiger partial charge on any atom is 0.404 e. The van der Waals surface area contributed by atoms with Gasteiger partial charge in [0, 0.05) is 0 Å².